The molecule has 1 aliphatic rings. The SMILES string of the molecule is COC(=O)Cc1c(C)c2ccc(O)c(CN3CCN(c4ccccc4)CC3)c2oc1=O. The van der Waals surface area contributed by atoms with Crippen molar-refractivity contribution in [2.75, 3.05) is 38.2 Å². The predicted octanol–water partition coefficient (Wildman–Crippen LogP) is 2.84. The van der Waals surface area contributed by atoms with Gasteiger partial charge in [0.25, 0.3) is 0 Å². The highest BCUT2D eigenvalue weighted by atomic mass is 16.5. The van der Waals surface area contributed by atoms with E-state index >= 15 is 0 Å². The van der Waals surface area contributed by atoms with Crippen LogP contribution >= 0.6 is 0 Å². The van der Waals surface area contributed by atoms with Gasteiger partial charge in [-0.2, -0.15) is 0 Å². The van der Waals surface area contributed by atoms with Gasteiger partial charge in [0.2, 0.25) is 0 Å². The van der Waals surface area contributed by atoms with E-state index in [2.05, 4.69) is 21.9 Å². The number of nitrogens with zero attached hydrogens (tertiary/aromatic N) is 2. The molecule has 0 atom stereocenters. The monoisotopic (exact) mass is 422 g/mol. The molecule has 1 N–H and O–H groups in total. The van der Waals surface area contributed by atoms with Crippen molar-refractivity contribution in [3.05, 3.63) is 69.6 Å². The third kappa shape index (κ3) is 4.27. The van der Waals surface area contributed by atoms with Crippen molar-refractivity contribution in [3.8, 4) is 5.75 Å². The number of rotatable bonds is 5. The summed E-state index contributed by atoms with van der Waals surface area (Å²) in [5, 5.41) is 11.2. The molecule has 0 bridgehead atoms. The number of para-hydroxylation sites is 1. The van der Waals surface area contributed by atoms with Gasteiger partial charge < -0.3 is 19.2 Å². The minimum absolute atomic E-state index is 0.0984. The number of esters is 1. The predicted molar refractivity (Wildman–Crippen MR) is 119 cm³/mol. The summed E-state index contributed by atoms with van der Waals surface area (Å²) >= 11 is 0. The lowest BCUT2D eigenvalue weighted by Gasteiger charge is -2.36. The van der Waals surface area contributed by atoms with Crippen molar-refractivity contribution in [1.82, 2.24) is 4.90 Å². The number of anilines is 1. The molecule has 7 heteroatoms. The molecule has 2 aromatic carbocycles. The maximum absolute atomic E-state index is 12.6. The van der Waals surface area contributed by atoms with Gasteiger partial charge >= 0.3 is 11.6 Å². The zero-order valence-electron chi connectivity index (χ0n) is 17.8. The zero-order valence-corrected chi connectivity index (χ0v) is 17.8. The Morgan fingerprint density at radius 3 is 2.45 bits per heavy atom. The van der Waals surface area contributed by atoms with Crippen molar-refractivity contribution < 1.29 is 19.1 Å². The number of phenols is 1. The van der Waals surface area contributed by atoms with Crippen molar-refractivity contribution >= 4 is 22.6 Å². The quantitative estimate of drug-likeness (QED) is 0.500. The molecule has 162 valence electrons. The summed E-state index contributed by atoms with van der Waals surface area (Å²) in [4.78, 5) is 28.8. The highest BCUT2D eigenvalue weighted by Gasteiger charge is 2.22. The number of methoxy groups -OCH3 is 1. The first-order valence-electron chi connectivity index (χ1n) is 10.3. The number of aromatic hydroxyl groups is 1. The van der Waals surface area contributed by atoms with Gasteiger partial charge in [-0.05, 0) is 36.8 Å². The summed E-state index contributed by atoms with van der Waals surface area (Å²) in [6, 6.07) is 13.6. The van der Waals surface area contributed by atoms with Gasteiger partial charge in [0.15, 0.2) is 0 Å². The van der Waals surface area contributed by atoms with Gasteiger partial charge in [-0.25, -0.2) is 4.79 Å². The molecule has 7 nitrogen and oxygen atoms in total. The van der Waals surface area contributed by atoms with E-state index in [9.17, 15) is 14.7 Å². The van der Waals surface area contributed by atoms with Crippen molar-refractivity contribution in [1.29, 1.82) is 0 Å². The van der Waals surface area contributed by atoms with E-state index in [4.69, 9.17) is 9.15 Å². The molecule has 0 amide bonds. The van der Waals surface area contributed by atoms with E-state index in [1.807, 2.05) is 18.2 Å². The third-order valence-electron chi connectivity index (χ3n) is 5.96. The average Bonchev–Trinajstić information content (AvgIpc) is 2.79. The second-order valence-electron chi connectivity index (χ2n) is 7.78. The van der Waals surface area contributed by atoms with Crippen molar-refractivity contribution in [3.63, 3.8) is 0 Å². The van der Waals surface area contributed by atoms with E-state index in [0.717, 1.165) is 26.2 Å². The number of aryl methyl sites for hydroxylation is 1. The number of hydrogen-bond acceptors (Lipinski definition) is 7. The number of carbonyl (C=O) groups excluding carboxylic acids is 1. The number of benzene rings is 2. The van der Waals surface area contributed by atoms with Crippen LogP contribution in [-0.4, -0.2) is 49.3 Å². The molecule has 2 heterocycles. The van der Waals surface area contributed by atoms with Crippen LogP contribution in [0.5, 0.6) is 5.75 Å². The van der Waals surface area contributed by atoms with Crippen LogP contribution in [0, 0.1) is 6.92 Å². The summed E-state index contributed by atoms with van der Waals surface area (Å²) in [6.07, 6.45) is -0.141. The molecule has 4 rings (SSSR count). The first-order chi connectivity index (χ1) is 15.0. The normalized spacial score (nSPS) is 14.7. The second kappa shape index (κ2) is 8.81. The topological polar surface area (TPSA) is 83.2 Å². The van der Waals surface area contributed by atoms with Gasteiger partial charge in [0.05, 0.1) is 24.7 Å². The zero-order chi connectivity index (χ0) is 22.0. The van der Waals surface area contributed by atoms with Gasteiger partial charge in [0, 0.05) is 43.8 Å². The minimum atomic E-state index is -0.573. The summed E-state index contributed by atoms with van der Waals surface area (Å²) < 4.78 is 10.3. The average molecular weight is 422 g/mol. The fraction of sp³-hybridized carbons (Fsp3) is 0.333. The number of carbonyl (C=O) groups is 1. The van der Waals surface area contributed by atoms with Gasteiger partial charge in [0.1, 0.15) is 11.3 Å². The van der Waals surface area contributed by atoms with Gasteiger partial charge in [-0.15, -0.1) is 0 Å². The minimum Gasteiger partial charge on any atom is -0.507 e. The van der Waals surface area contributed by atoms with E-state index in [1.54, 1.807) is 19.1 Å². The summed E-state index contributed by atoms with van der Waals surface area (Å²) in [5.41, 5.74) is 2.56. The Bertz CT molecular complexity index is 1150. The molecular weight excluding hydrogens is 396 g/mol. The molecule has 31 heavy (non-hydrogen) atoms. The van der Waals surface area contributed by atoms with Crippen LogP contribution in [0.15, 0.2) is 51.7 Å². The Balaban J connectivity index is 1.59. The molecule has 0 radical (unpaired) electrons. The fourth-order valence-electron chi connectivity index (χ4n) is 4.10. The standard InChI is InChI=1S/C24H26N2O5/c1-16-18-8-9-21(27)20(23(18)31-24(29)19(16)14-22(28)30-2)15-25-10-12-26(13-11-25)17-6-4-3-5-7-17/h3-9,27H,10-15H2,1-2H3. The van der Waals surface area contributed by atoms with Crippen LogP contribution in [0.3, 0.4) is 0 Å². The second-order valence-corrected chi connectivity index (χ2v) is 7.78. The summed E-state index contributed by atoms with van der Waals surface area (Å²) in [5.74, 6) is -0.397. The van der Waals surface area contributed by atoms with Gasteiger partial charge in [-0.3, -0.25) is 9.69 Å². The number of fused-ring (bicyclic) bond motifs is 1. The molecule has 0 spiro atoms. The third-order valence-corrected chi connectivity index (χ3v) is 5.96. The Hall–Kier alpha value is -3.32. The first kappa shape index (κ1) is 20.9. The number of piperazine rings is 1. The van der Waals surface area contributed by atoms with Crippen LogP contribution in [0.4, 0.5) is 5.69 Å². The molecule has 3 aromatic rings. The molecule has 1 fully saturated rings. The molecule has 0 unspecified atom stereocenters. The van der Waals surface area contributed by atoms with Crippen LogP contribution in [-0.2, 0) is 22.5 Å². The van der Waals surface area contributed by atoms with Crippen LogP contribution in [0.1, 0.15) is 16.7 Å². The lowest BCUT2D eigenvalue weighted by Crippen LogP contribution is -2.46. The van der Waals surface area contributed by atoms with E-state index in [0.29, 0.717) is 28.6 Å². The smallest absolute Gasteiger partial charge is 0.340 e. The van der Waals surface area contributed by atoms with Crippen LogP contribution in [0.2, 0.25) is 0 Å². The Morgan fingerprint density at radius 1 is 1.06 bits per heavy atom. The molecule has 0 aliphatic carbocycles. The summed E-state index contributed by atoms with van der Waals surface area (Å²) in [7, 11) is 1.29. The number of ether oxygens (including phenoxy) is 1. The highest BCUT2D eigenvalue weighted by Crippen LogP contribution is 2.31. The Morgan fingerprint density at radius 2 is 1.77 bits per heavy atom. The Labute approximate surface area is 180 Å². The van der Waals surface area contributed by atoms with Crippen molar-refractivity contribution in [2.45, 2.75) is 19.9 Å². The lowest BCUT2D eigenvalue weighted by atomic mass is 10.0. The Kier molecular flexibility index (Phi) is 5.95. The van der Waals surface area contributed by atoms with E-state index in [1.165, 1.54) is 12.8 Å². The van der Waals surface area contributed by atoms with Gasteiger partial charge in [-0.1, -0.05) is 18.2 Å². The maximum Gasteiger partial charge on any atom is 0.340 e. The molecule has 0 saturated carbocycles. The van der Waals surface area contributed by atoms with E-state index < -0.39 is 11.6 Å². The van der Waals surface area contributed by atoms with Crippen LogP contribution < -0.4 is 10.5 Å². The summed E-state index contributed by atoms with van der Waals surface area (Å²) in [6.45, 7) is 5.67. The molecular formula is C24H26N2O5. The van der Waals surface area contributed by atoms with Crippen LogP contribution in [0.25, 0.3) is 11.0 Å². The number of hydrogen-bond donors (Lipinski definition) is 1. The molecule has 1 aliphatic heterocycles. The maximum atomic E-state index is 12.6. The first-order valence-corrected chi connectivity index (χ1v) is 10.3. The van der Waals surface area contributed by atoms with E-state index in [-0.39, 0.29) is 17.7 Å². The highest BCUT2D eigenvalue weighted by molar-refractivity contribution is 5.87. The molecule has 1 aromatic heterocycles. The fourth-order valence-corrected chi connectivity index (χ4v) is 4.10. The largest absolute Gasteiger partial charge is 0.507 e. The lowest BCUT2D eigenvalue weighted by molar-refractivity contribution is -0.139. The number of phenolic OH excluding ortho intramolecular Hbond substituents is 1. The molecule has 1 saturated heterocycles. The van der Waals surface area contributed by atoms with Crippen molar-refractivity contribution in [2.24, 2.45) is 0 Å².